The van der Waals surface area contributed by atoms with E-state index in [1.807, 2.05) is 18.2 Å². The van der Waals surface area contributed by atoms with Gasteiger partial charge in [0.2, 0.25) is 0 Å². The third-order valence-electron chi connectivity index (χ3n) is 6.38. The number of rotatable bonds is 7. The van der Waals surface area contributed by atoms with Crippen molar-refractivity contribution in [1.82, 2.24) is 15.4 Å². The molecule has 2 aliphatic rings. The highest BCUT2D eigenvalue weighted by Gasteiger charge is 2.25. The molecule has 33 heavy (non-hydrogen) atoms. The number of amides is 1. The molecule has 1 saturated heterocycles. The van der Waals surface area contributed by atoms with Gasteiger partial charge in [-0.3, -0.25) is 9.69 Å². The Hall–Kier alpha value is -3.32. The van der Waals surface area contributed by atoms with Crippen LogP contribution in [0.1, 0.15) is 47.4 Å². The fourth-order valence-electron chi connectivity index (χ4n) is 4.48. The second-order valence-corrected chi connectivity index (χ2v) is 8.50. The first-order chi connectivity index (χ1) is 16.2. The molecule has 5 rings (SSSR count). The number of fused-ring (bicyclic) bond motifs is 1. The molecule has 7 nitrogen and oxygen atoms in total. The highest BCUT2D eigenvalue weighted by atomic mass is 16.6. The zero-order chi connectivity index (χ0) is 22.6. The van der Waals surface area contributed by atoms with E-state index in [1.54, 1.807) is 6.07 Å². The van der Waals surface area contributed by atoms with E-state index in [-0.39, 0.29) is 17.6 Å². The van der Waals surface area contributed by atoms with Crippen LogP contribution in [0.25, 0.3) is 11.3 Å². The first kappa shape index (κ1) is 21.5. The van der Waals surface area contributed by atoms with E-state index in [1.165, 1.54) is 24.0 Å². The number of hydrogen-bond acceptors (Lipinski definition) is 6. The van der Waals surface area contributed by atoms with Crippen molar-refractivity contribution in [3.63, 3.8) is 0 Å². The summed E-state index contributed by atoms with van der Waals surface area (Å²) in [4.78, 5) is 15.3. The van der Waals surface area contributed by atoms with Crippen molar-refractivity contribution in [3.05, 3.63) is 65.4 Å². The molecule has 3 aromatic rings. The number of benzene rings is 2. The molecule has 1 aromatic heterocycles. The fraction of sp³-hybridized carbons (Fsp3) is 0.385. The number of aryl methyl sites for hydroxylation is 1. The smallest absolute Gasteiger partial charge is 0.273 e. The van der Waals surface area contributed by atoms with Crippen LogP contribution in [0.2, 0.25) is 0 Å². The molecule has 1 atom stereocenters. The maximum absolute atomic E-state index is 12.9. The molecular formula is C26H29N3O4. The Morgan fingerprint density at radius 3 is 2.55 bits per heavy atom. The number of hydrogen-bond donors (Lipinski definition) is 1. The third-order valence-corrected chi connectivity index (χ3v) is 6.38. The number of aromatic nitrogens is 1. The Morgan fingerprint density at radius 1 is 1.03 bits per heavy atom. The lowest BCUT2D eigenvalue weighted by atomic mass is 10.0. The van der Waals surface area contributed by atoms with E-state index in [0.29, 0.717) is 37.0 Å². The first-order valence-electron chi connectivity index (χ1n) is 11.7. The van der Waals surface area contributed by atoms with E-state index in [2.05, 4.69) is 46.6 Å². The minimum atomic E-state index is -0.239. The lowest BCUT2D eigenvalue weighted by molar-refractivity contribution is 0.0929. The summed E-state index contributed by atoms with van der Waals surface area (Å²) < 4.78 is 16.7. The summed E-state index contributed by atoms with van der Waals surface area (Å²) >= 11 is 0. The lowest BCUT2D eigenvalue weighted by Gasteiger charge is -2.28. The van der Waals surface area contributed by atoms with E-state index in [9.17, 15) is 4.79 Å². The largest absolute Gasteiger partial charge is 0.486 e. The van der Waals surface area contributed by atoms with Crippen molar-refractivity contribution in [2.24, 2.45) is 0 Å². The molecular weight excluding hydrogens is 418 g/mol. The summed E-state index contributed by atoms with van der Waals surface area (Å²) in [5.74, 6) is 1.66. The number of likely N-dealkylation sites (tertiary alicyclic amines) is 1. The average molecular weight is 448 g/mol. The molecule has 7 heteroatoms. The molecule has 3 heterocycles. The number of nitrogens with one attached hydrogen (secondary N) is 1. The van der Waals surface area contributed by atoms with Gasteiger partial charge in [-0.15, -0.1) is 0 Å². The summed E-state index contributed by atoms with van der Waals surface area (Å²) in [7, 11) is 0. The zero-order valence-electron chi connectivity index (χ0n) is 18.9. The van der Waals surface area contributed by atoms with E-state index in [0.717, 1.165) is 25.1 Å². The minimum Gasteiger partial charge on any atom is -0.486 e. The molecule has 2 aromatic carbocycles. The van der Waals surface area contributed by atoms with Crippen molar-refractivity contribution < 1.29 is 18.8 Å². The maximum Gasteiger partial charge on any atom is 0.273 e. The van der Waals surface area contributed by atoms with Gasteiger partial charge in [-0.2, -0.15) is 0 Å². The second kappa shape index (κ2) is 9.67. The Bertz CT molecular complexity index is 1100. The molecule has 0 bridgehead atoms. The van der Waals surface area contributed by atoms with Crippen LogP contribution in [0.15, 0.2) is 53.1 Å². The van der Waals surface area contributed by atoms with E-state index < -0.39 is 0 Å². The van der Waals surface area contributed by atoms with Crippen LogP contribution >= 0.6 is 0 Å². The van der Waals surface area contributed by atoms with Gasteiger partial charge in [0.1, 0.15) is 13.2 Å². The third kappa shape index (κ3) is 4.73. The van der Waals surface area contributed by atoms with E-state index in [4.69, 9.17) is 14.0 Å². The number of carbonyl (C=O) groups excluding carboxylic acids is 1. The fourth-order valence-corrected chi connectivity index (χ4v) is 4.48. The van der Waals surface area contributed by atoms with Crippen LogP contribution < -0.4 is 14.8 Å². The van der Waals surface area contributed by atoms with Crippen LogP contribution in [0.5, 0.6) is 11.5 Å². The molecule has 0 radical (unpaired) electrons. The van der Waals surface area contributed by atoms with Gasteiger partial charge >= 0.3 is 0 Å². The normalized spacial score (nSPS) is 16.5. The van der Waals surface area contributed by atoms with Gasteiger partial charge in [0.25, 0.3) is 5.91 Å². The Labute approximate surface area is 193 Å². The topological polar surface area (TPSA) is 76.8 Å². The highest BCUT2D eigenvalue weighted by molar-refractivity contribution is 5.93. The molecule has 172 valence electrons. The van der Waals surface area contributed by atoms with Crippen molar-refractivity contribution in [3.8, 4) is 22.8 Å². The quantitative estimate of drug-likeness (QED) is 0.584. The van der Waals surface area contributed by atoms with Crippen LogP contribution in [0.4, 0.5) is 0 Å². The number of carbonyl (C=O) groups is 1. The second-order valence-electron chi connectivity index (χ2n) is 8.50. The maximum atomic E-state index is 12.9. The Morgan fingerprint density at radius 2 is 1.79 bits per heavy atom. The molecule has 1 amide bonds. The van der Waals surface area contributed by atoms with Gasteiger partial charge in [0.15, 0.2) is 23.0 Å². The molecule has 1 unspecified atom stereocenters. The van der Waals surface area contributed by atoms with Gasteiger partial charge in [0, 0.05) is 18.2 Å². The Balaban J connectivity index is 1.28. The molecule has 0 spiro atoms. The van der Waals surface area contributed by atoms with Crippen LogP contribution in [0, 0.1) is 0 Å². The van der Waals surface area contributed by atoms with Gasteiger partial charge in [-0.1, -0.05) is 36.3 Å². The summed E-state index contributed by atoms with van der Waals surface area (Å²) in [6.45, 7) is 5.84. The predicted molar refractivity (Wildman–Crippen MR) is 125 cm³/mol. The zero-order valence-corrected chi connectivity index (χ0v) is 18.9. The SMILES string of the molecule is CCc1ccc(C(CNC(=O)c2cc(-c3ccc4c(c3)OCCO4)on2)N2CCCC2)cc1. The van der Waals surface area contributed by atoms with Crippen molar-refractivity contribution in [2.45, 2.75) is 32.2 Å². The Kier molecular flexibility index (Phi) is 6.30. The standard InChI is InChI=1S/C26H29N3O4/c1-2-18-5-7-19(8-6-18)22(29-11-3-4-12-29)17-27-26(30)21-16-24(33-28-21)20-9-10-23-25(15-20)32-14-13-31-23/h5-10,15-16,22H,2-4,11-14,17H2,1H3,(H,27,30). The van der Waals surface area contributed by atoms with Crippen molar-refractivity contribution >= 4 is 5.91 Å². The molecule has 1 N–H and O–H groups in total. The summed E-state index contributed by atoms with van der Waals surface area (Å²) in [6.07, 6.45) is 3.41. The van der Waals surface area contributed by atoms with Crippen LogP contribution in [-0.2, 0) is 6.42 Å². The molecule has 2 aliphatic heterocycles. The van der Waals surface area contributed by atoms with Gasteiger partial charge in [-0.05, 0) is 61.7 Å². The average Bonchev–Trinajstić information content (AvgIpc) is 3.57. The van der Waals surface area contributed by atoms with Crippen molar-refractivity contribution in [2.75, 3.05) is 32.8 Å². The summed E-state index contributed by atoms with van der Waals surface area (Å²) in [6, 6.07) is 16.1. The number of ether oxygens (including phenoxy) is 2. The molecule has 0 aliphatic carbocycles. The first-order valence-corrected chi connectivity index (χ1v) is 11.7. The van der Waals surface area contributed by atoms with E-state index >= 15 is 0 Å². The van der Waals surface area contributed by atoms with Gasteiger partial charge in [0.05, 0.1) is 6.04 Å². The lowest BCUT2D eigenvalue weighted by Crippen LogP contribution is -2.36. The van der Waals surface area contributed by atoms with Crippen LogP contribution in [-0.4, -0.2) is 48.8 Å². The molecule has 0 saturated carbocycles. The predicted octanol–water partition coefficient (Wildman–Crippen LogP) is 4.24. The van der Waals surface area contributed by atoms with Gasteiger partial charge < -0.3 is 19.3 Å². The van der Waals surface area contributed by atoms with Crippen LogP contribution in [0.3, 0.4) is 0 Å². The van der Waals surface area contributed by atoms with Gasteiger partial charge in [-0.25, -0.2) is 0 Å². The minimum absolute atomic E-state index is 0.145. The summed E-state index contributed by atoms with van der Waals surface area (Å²) in [5, 5.41) is 7.07. The van der Waals surface area contributed by atoms with Crippen molar-refractivity contribution in [1.29, 1.82) is 0 Å². The summed E-state index contributed by atoms with van der Waals surface area (Å²) in [5.41, 5.74) is 3.60. The highest BCUT2D eigenvalue weighted by Crippen LogP contribution is 2.34. The monoisotopic (exact) mass is 447 g/mol. The molecule has 1 fully saturated rings. The number of nitrogens with zero attached hydrogens (tertiary/aromatic N) is 2.